The summed E-state index contributed by atoms with van der Waals surface area (Å²) in [5, 5.41) is 9.36. The van der Waals surface area contributed by atoms with Gasteiger partial charge in [-0.05, 0) is 75.9 Å². The smallest absolute Gasteiger partial charge is 0.328 e. The molecule has 0 aromatic carbocycles. The summed E-state index contributed by atoms with van der Waals surface area (Å²) >= 11 is 17.1. The van der Waals surface area contributed by atoms with E-state index in [4.69, 9.17) is 18.1 Å². The molecule has 2 aromatic rings. The highest BCUT2D eigenvalue weighted by Gasteiger charge is 2.01. The van der Waals surface area contributed by atoms with Gasteiger partial charge in [-0.3, -0.25) is 14.4 Å². The van der Waals surface area contributed by atoms with Crippen LogP contribution in [0.2, 0.25) is 0 Å². The molecule has 0 spiro atoms. The van der Waals surface area contributed by atoms with Crippen molar-refractivity contribution in [1.29, 1.82) is 0 Å². The van der Waals surface area contributed by atoms with Crippen molar-refractivity contribution in [2.75, 3.05) is 0 Å². The fraction of sp³-hybridized carbons (Fsp3) is 0.111. The highest BCUT2D eigenvalue weighted by molar-refractivity contribution is 7.11. The standard InChI is InChI=1S/C7H5ClOS.C7H6O2S.C2Cl2O2.C2H6/c2*8-7(9)4-3-6-2-1-5-10-6;3-1(5)2(4)6;1-2/h1-5H;1-5H,(H,8,9);;1-2H3/b2*4-3+;;/i;;;1D. The Kier molecular flexibility index (Phi) is 17.4. The topological polar surface area (TPSA) is 88.5 Å². The number of carboxylic acid groups (broad SMARTS) is 1. The van der Waals surface area contributed by atoms with Crippen molar-refractivity contribution in [3.8, 4) is 0 Å². The van der Waals surface area contributed by atoms with E-state index >= 15 is 0 Å². The zero-order valence-electron chi connectivity index (χ0n) is 15.5. The van der Waals surface area contributed by atoms with Crippen LogP contribution >= 0.6 is 57.5 Å². The molecule has 2 aromatic heterocycles. The van der Waals surface area contributed by atoms with Crippen LogP contribution in [-0.2, 0) is 19.2 Å². The van der Waals surface area contributed by atoms with Gasteiger partial charge in [-0.15, -0.1) is 22.7 Å². The van der Waals surface area contributed by atoms with Crippen LogP contribution in [0.3, 0.4) is 0 Å². The molecule has 0 unspecified atom stereocenters. The Morgan fingerprint density at radius 2 is 1.32 bits per heavy atom. The van der Waals surface area contributed by atoms with Gasteiger partial charge in [0.05, 0.1) is 0 Å². The van der Waals surface area contributed by atoms with Gasteiger partial charge in [0.25, 0.3) is 0 Å². The summed E-state index contributed by atoms with van der Waals surface area (Å²) in [5.74, 6) is -0.909. The van der Waals surface area contributed by atoms with E-state index in [0.29, 0.717) is 6.90 Å². The maximum absolute atomic E-state index is 10.2. The zero-order valence-corrected chi connectivity index (χ0v) is 18.4. The van der Waals surface area contributed by atoms with Gasteiger partial charge in [0.15, 0.2) is 0 Å². The number of rotatable bonds is 5. The van der Waals surface area contributed by atoms with Crippen molar-refractivity contribution in [1.82, 2.24) is 0 Å². The molecule has 0 radical (unpaired) electrons. The van der Waals surface area contributed by atoms with Crippen molar-refractivity contribution in [3.05, 3.63) is 56.9 Å². The fourth-order valence-corrected chi connectivity index (χ4v) is 2.37. The molecule has 0 saturated carbocycles. The Bertz CT molecular complexity index is 722. The third kappa shape index (κ3) is 19.0. The van der Waals surface area contributed by atoms with Crippen LogP contribution in [0.25, 0.3) is 12.2 Å². The molecule has 0 saturated heterocycles. The molecule has 0 aliphatic rings. The molecule has 0 atom stereocenters. The molecule has 0 aliphatic carbocycles. The maximum atomic E-state index is 10.2. The first-order valence-electron chi connectivity index (χ1n) is 7.88. The van der Waals surface area contributed by atoms with Crippen LogP contribution in [0.1, 0.15) is 24.9 Å². The van der Waals surface area contributed by atoms with Gasteiger partial charge in [0.1, 0.15) is 0 Å². The van der Waals surface area contributed by atoms with Gasteiger partial charge in [0.2, 0.25) is 5.24 Å². The van der Waals surface area contributed by atoms with E-state index < -0.39 is 21.7 Å². The second-order valence-electron chi connectivity index (χ2n) is 3.89. The number of thiophene rings is 2. The lowest BCUT2D eigenvalue weighted by atomic mass is 10.4. The Morgan fingerprint density at radius 3 is 1.57 bits per heavy atom. The minimum atomic E-state index is -1.14. The fourth-order valence-electron chi connectivity index (χ4n) is 1.07. The van der Waals surface area contributed by atoms with E-state index in [9.17, 15) is 19.2 Å². The van der Waals surface area contributed by atoms with Crippen LogP contribution in [0.15, 0.2) is 47.2 Å². The Balaban J connectivity index is 0. The number of hydrogen-bond acceptors (Lipinski definition) is 6. The minimum absolute atomic E-state index is 0.437. The Hall–Kier alpha value is -1.77. The van der Waals surface area contributed by atoms with Gasteiger partial charge in [-0.2, -0.15) is 0 Å². The minimum Gasteiger partial charge on any atom is -0.478 e. The van der Waals surface area contributed by atoms with Crippen molar-refractivity contribution >= 4 is 91.3 Å². The summed E-state index contributed by atoms with van der Waals surface area (Å²) in [6, 6.07) is 7.58. The molecule has 5 nitrogen and oxygen atoms in total. The number of carboxylic acids is 1. The summed E-state index contributed by atoms with van der Waals surface area (Å²) in [6.45, 7) is 2.29. The third-order valence-corrected chi connectivity index (χ3v) is 4.25. The number of carbonyl (C=O) groups is 4. The summed E-state index contributed by atoms with van der Waals surface area (Å²) in [7, 11) is 0. The molecule has 2 heterocycles. The molecular formula is C18H17Cl3O5S2. The van der Waals surface area contributed by atoms with E-state index in [-0.39, 0.29) is 0 Å². The molecular weight excluding hydrogens is 467 g/mol. The van der Waals surface area contributed by atoms with Crippen LogP contribution < -0.4 is 0 Å². The lowest BCUT2D eigenvalue weighted by molar-refractivity contribution is -0.131. The highest BCUT2D eigenvalue weighted by atomic mass is 35.5. The van der Waals surface area contributed by atoms with Gasteiger partial charge < -0.3 is 5.11 Å². The van der Waals surface area contributed by atoms with Gasteiger partial charge >= 0.3 is 16.5 Å². The molecule has 152 valence electrons. The molecule has 0 amide bonds. The highest BCUT2D eigenvalue weighted by Crippen LogP contribution is 2.10. The number of carbonyl (C=O) groups excluding carboxylic acids is 3. The molecule has 0 fully saturated rings. The predicted octanol–water partition coefficient (Wildman–Crippen LogP) is 5.92. The normalized spacial score (nSPS) is 9.79. The summed E-state index contributed by atoms with van der Waals surface area (Å²) < 4.78 is 6.21. The largest absolute Gasteiger partial charge is 0.478 e. The second-order valence-corrected chi connectivity index (χ2v) is 6.90. The van der Waals surface area contributed by atoms with Crippen molar-refractivity contribution < 1.29 is 25.7 Å². The molecule has 0 bridgehead atoms. The second kappa shape index (κ2) is 18.6. The molecule has 10 heteroatoms. The van der Waals surface area contributed by atoms with E-state index in [1.54, 1.807) is 30.4 Å². The van der Waals surface area contributed by atoms with Crippen molar-refractivity contribution in [3.63, 3.8) is 0 Å². The Morgan fingerprint density at radius 1 is 0.929 bits per heavy atom. The third-order valence-electron chi connectivity index (χ3n) is 2.01. The quantitative estimate of drug-likeness (QED) is 0.323. The average Bonchev–Trinajstić information content (AvgIpc) is 3.34. The number of aliphatic carboxylic acids is 1. The number of allylic oxidation sites excluding steroid dienone is 1. The van der Waals surface area contributed by atoms with E-state index in [1.807, 2.05) is 35.0 Å². The first kappa shape index (κ1) is 26.2. The van der Waals surface area contributed by atoms with Crippen molar-refractivity contribution in [2.45, 2.75) is 13.8 Å². The van der Waals surface area contributed by atoms with Gasteiger partial charge in [0, 0.05) is 17.2 Å². The van der Waals surface area contributed by atoms with Crippen LogP contribution in [0.5, 0.6) is 0 Å². The van der Waals surface area contributed by atoms with Crippen LogP contribution in [0, 0.1) is 0 Å². The maximum Gasteiger partial charge on any atom is 0.328 e. The lowest BCUT2D eigenvalue weighted by Crippen LogP contribution is -1.94. The van der Waals surface area contributed by atoms with Gasteiger partial charge in [-0.25, -0.2) is 4.79 Å². The average molecular weight is 485 g/mol. The number of hydrogen-bond donors (Lipinski definition) is 1. The van der Waals surface area contributed by atoms with Crippen LogP contribution in [-0.4, -0.2) is 26.8 Å². The van der Waals surface area contributed by atoms with E-state index in [1.165, 1.54) is 17.4 Å². The monoisotopic (exact) mass is 483 g/mol. The summed E-state index contributed by atoms with van der Waals surface area (Å²) in [5.41, 5.74) is 0. The van der Waals surface area contributed by atoms with E-state index in [2.05, 4.69) is 23.2 Å². The SMILES string of the molecule is O=C(Cl)/C=C/c1cccs1.O=C(Cl)C(=O)Cl.O=C(O)/C=C/c1cccs1.[2H]CC. The Labute approximate surface area is 187 Å². The van der Waals surface area contributed by atoms with Gasteiger partial charge in [-0.1, -0.05) is 26.0 Å². The lowest BCUT2D eigenvalue weighted by Gasteiger charge is -1.78. The zero-order chi connectivity index (χ0) is 22.7. The van der Waals surface area contributed by atoms with E-state index in [0.717, 1.165) is 15.8 Å². The first-order chi connectivity index (χ1) is 13.6. The summed E-state index contributed by atoms with van der Waals surface area (Å²) in [6.07, 6.45) is 5.74. The molecule has 1 N–H and O–H groups in total. The molecule has 2 rings (SSSR count). The number of halogens is 3. The predicted molar refractivity (Wildman–Crippen MR) is 118 cm³/mol. The molecule has 28 heavy (non-hydrogen) atoms. The van der Waals surface area contributed by atoms with Crippen molar-refractivity contribution in [2.24, 2.45) is 0 Å². The summed E-state index contributed by atoms with van der Waals surface area (Å²) in [4.78, 5) is 41.1. The van der Waals surface area contributed by atoms with Crippen LogP contribution in [0.4, 0.5) is 0 Å². The first-order valence-corrected chi connectivity index (χ1v) is 10.1. The molecule has 0 aliphatic heterocycles.